The van der Waals surface area contributed by atoms with Gasteiger partial charge in [0.25, 0.3) is 0 Å². The molecular weight excluding hydrogens is 288 g/mol. The Bertz CT molecular complexity index is 591. The normalized spacial score (nSPS) is 18.9. The van der Waals surface area contributed by atoms with Gasteiger partial charge in [-0.25, -0.2) is 0 Å². The van der Waals surface area contributed by atoms with Crippen LogP contribution in [0.2, 0.25) is 0 Å². The average Bonchev–Trinajstić information content (AvgIpc) is 2.61. The van der Waals surface area contributed by atoms with E-state index < -0.39 is 12.0 Å². The number of hydrogen-bond donors (Lipinski definition) is 2. The van der Waals surface area contributed by atoms with Gasteiger partial charge in [-0.2, -0.15) is 0 Å². The predicted octanol–water partition coefficient (Wildman–Crippen LogP) is 2.18. The second-order valence-electron chi connectivity index (χ2n) is 5.98. The number of rotatable bonds is 5. The van der Waals surface area contributed by atoms with Gasteiger partial charge in [0.2, 0.25) is 0 Å². The predicted molar refractivity (Wildman–Crippen MR) is 90.6 cm³/mol. The molecule has 23 heavy (non-hydrogen) atoms. The summed E-state index contributed by atoms with van der Waals surface area (Å²) in [4.78, 5) is 13.5. The minimum Gasteiger partial charge on any atom is -0.480 e. The van der Waals surface area contributed by atoms with Gasteiger partial charge in [0.15, 0.2) is 0 Å². The molecule has 1 atom stereocenters. The largest absolute Gasteiger partial charge is 0.480 e. The molecule has 1 aliphatic heterocycles. The number of nitrogens with zero attached hydrogens (tertiary/aromatic N) is 1. The van der Waals surface area contributed by atoms with E-state index >= 15 is 0 Å². The van der Waals surface area contributed by atoms with E-state index in [0.717, 1.165) is 13.1 Å². The van der Waals surface area contributed by atoms with E-state index in [4.69, 9.17) is 0 Å². The van der Waals surface area contributed by atoms with Crippen LogP contribution in [0.4, 0.5) is 0 Å². The zero-order chi connectivity index (χ0) is 16.1. The second kappa shape index (κ2) is 7.40. The number of hydrogen-bond acceptors (Lipinski definition) is 3. The quantitative estimate of drug-likeness (QED) is 0.889. The SMILES string of the molecule is O=C(O)[C@@H]1CN(CC(c2ccccc2)c2ccccc2)CCN1. The zero-order valence-corrected chi connectivity index (χ0v) is 13.1. The summed E-state index contributed by atoms with van der Waals surface area (Å²) < 4.78 is 0. The molecule has 4 nitrogen and oxygen atoms in total. The highest BCUT2D eigenvalue weighted by Gasteiger charge is 2.27. The number of carbonyl (C=O) groups is 1. The summed E-state index contributed by atoms with van der Waals surface area (Å²) in [5.41, 5.74) is 2.54. The summed E-state index contributed by atoms with van der Waals surface area (Å²) in [5, 5.41) is 12.3. The maximum atomic E-state index is 11.2. The molecule has 0 saturated carbocycles. The van der Waals surface area contributed by atoms with Crippen LogP contribution in [-0.4, -0.2) is 48.2 Å². The second-order valence-corrected chi connectivity index (χ2v) is 5.98. The molecular formula is C19H22N2O2. The molecule has 0 bridgehead atoms. The van der Waals surface area contributed by atoms with Crippen LogP contribution >= 0.6 is 0 Å². The van der Waals surface area contributed by atoms with Gasteiger partial charge in [-0.1, -0.05) is 60.7 Å². The van der Waals surface area contributed by atoms with E-state index in [0.29, 0.717) is 13.1 Å². The highest BCUT2D eigenvalue weighted by atomic mass is 16.4. The lowest BCUT2D eigenvalue weighted by Gasteiger charge is -2.34. The Labute approximate surface area is 136 Å². The van der Waals surface area contributed by atoms with Crippen molar-refractivity contribution in [3.8, 4) is 0 Å². The summed E-state index contributed by atoms with van der Waals surface area (Å²) in [7, 11) is 0. The minimum atomic E-state index is -0.773. The topological polar surface area (TPSA) is 52.6 Å². The molecule has 2 aromatic rings. The molecule has 1 heterocycles. The standard InChI is InChI=1S/C19H22N2O2/c22-19(23)18-14-21(12-11-20-18)13-17(15-7-3-1-4-8-15)16-9-5-2-6-10-16/h1-10,17-18,20H,11-14H2,(H,22,23)/t18-/m0/s1. The van der Waals surface area contributed by atoms with Crippen molar-refractivity contribution in [3.05, 3.63) is 71.8 Å². The molecule has 0 spiro atoms. The Morgan fingerprint density at radius 3 is 2.17 bits per heavy atom. The van der Waals surface area contributed by atoms with Gasteiger partial charge in [-0.15, -0.1) is 0 Å². The highest BCUT2D eigenvalue weighted by molar-refractivity contribution is 5.73. The Hall–Kier alpha value is -2.17. The van der Waals surface area contributed by atoms with Crippen LogP contribution in [0.3, 0.4) is 0 Å². The third-order valence-corrected chi connectivity index (χ3v) is 4.40. The molecule has 120 valence electrons. The molecule has 0 aliphatic carbocycles. The Morgan fingerprint density at radius 2 is 1.65 bits per heavy atom. The molecule has 2 N–H and O–H groups in total. The Morgan fingerprint density at radius 1 is 1.09 bits per heavy atom. The van der Waals surface area contributed by atoms with Gasteiger partial charge in [0, 0.05) is 32.1 Å². The van der Waals surface area contributed by atoms with Gasteiger partial charge >= 0.3 is 5.97 Å². The van der Waals surface area contributed by atoms with Crippen molar-refractivity contribution in [2.24, 2.45) is 0 Å². The lowest BCUT2D eigenvalue weighted by atomic mass is 9.90. The Kier molecular flexibility index (Phi) is 5.05. The first-order valence-electron chi connectivity index (χ1n) is 8.02. The zero-order valence-electron chi connectivity index (χ0n) is 13.1. The van der Waals surface area contributed by atoms with Gasteiger partial charge in [-0.3, -0.25) is 9.69 Å². The molecule has 1 saturated heterocycles. The first-order chi connectivity index (χ1) is 11.2. The third-order valence-electron chi connectivity index (χ3n) is 4.40. The van der Waals surface area contributed by atoms with Crippen LogP contribution in [0.15, 0.2) is 60.7 Å². The van der Waals surface area contributed by atoms with Crippen LogP contribution in [0, 0.1) is 0 Å². The fraction of sp³-hybridized carbons (Fsp3) is 0.316. The van der Waals surface area contributed by atoms with Crippen LogP contribution in [-0.2, 0) is 4.79 Å². The number of nitrogens with one attached hydrogen (secondary N) is 1. The summed E-state index contributed by atoms with van der Waals surface area (Å²) in [6, 6.07) is 20.4. The molecule has 4 heteroatoms. The number of carboxylic acid groups (broad SMARTS) is 1. The monoisotopic (exact) mass is 310 g/mol. The molecule has 1 fully saturated rings. The van der Waals surface area contributed by atoms with Crippen molar-refractivity contribution in [2.45, 2.75) is 12.0 Å². The van der Waals surface area contributed by atoms with E-state index in [2.05, 4.69) is 58.7 Å². The van der Waals surface area contributed by atoms with Gasteiger partial charge in [0.1, 0.15) is 6.04 Å². The van der Waals surface area contributed by atoms with Crippen molar-refractivity contribution < 1.29 is 9.90 Å². The van der Waals surface area contributed by atoms with Crippen molar-refractivity contribution in [1.82, 2.24) is 10.2 Å². The fourth-order valence-corrected chi connectivity index (χ4v) is 3.17. The van der Waals surface area contributed by atoms with Crippen molar-refractivity contribution >= 4 is 5.97 Å². The van der Waals surface area contributed by atoms with Gasteiger partial charge in [0.05, 0.1) is 0 Å². The van der Waals surface area contributed by atoms with Crippen molar-refractivity contribution in [3.63, 3.8) is 0 Å². The molecule has 1 aliphatic rings. The maximum absolute atomic E-state index is 11.2. The van der Waals surface area contributed by atoms with Crippen LogP contribution in [0.25, 0.3) is 0 Å². The Balaban J connectivity index is 1.81. The number of carboxylic acids is 1. The first-order valence-corrected chi connectivity index (χ1v) is 8.02. The summed E-state index contributed by atoms with van der Waals surface area (Å²) in [5.74, 6) is -0.518. The summed E-state index contributed by atoms with van der Waals surface area (Å²) >= 11 is 0. The molecule has 0 aromatic heterocycles. The minimum absolute atomic E-state index is 0.255. The van der Waals surface area contributed by atoms with Crippen molar-refractivity contribution in [2.75, 3.05) is 26.2 Å². The lowest BCUT2D eigenvalue weighted by molar-refractivity contribution is -0.140. The van der Waals surface area contributed by atoms with E-state index in [1.165, 1.54) is 11.1 Å². The summed E-state index contributed by atoms with van der Waals surface area (Å²) in [6.07, 6.45) is 0. The molecule has 0 radical (unpaired) electrons. The van der Waals surface area contributed by atoms with Crippen LogP contribution in [0.1, 0.15) is 17.0 Å². The number of piperazine rings is 1. The molecule has 2 aromatic carbocycles. The van der Waals surface area contributed by atoms with E-state index in [9.17, 15) is 9.90 Å². The van der Waals surface area contributed by atoms with E-state index in [1.54, 1.807) is 0 Å². The highest BCUT2D eigenvalue weighted by Crippen LogP contribution is 2.26. The van der Waals surface area contributed by atoms with Crippen LogP contribution in [0.5, 0.6) is 0 Å². The fourth-order valence-electron chi connectivity index (χ4n) is 3.17. The molecule has 0 unspecified atom stereocenters. The average molecular weight is 310 g/mol. The van der Waals surface area contributed by atoms with Crippen molar-refractivity contribution in [1.29, 1.82) is 0 Å². The molecule has 3 rings (SSSR count). The van der Waals surface area contributed by atoms with Gasteiger partial charge in [-0.05, 0) is 11.1 Å². The van der Waals surface area contributed by atoms with E-state index in [-0.39, 0.29) is 5.92 Å². The van der Waals surface area contributed by atoms with E-state index in [1.807, 2.05) is 12.1 Å². The lowest BCUT2D eigenvalue weighted by Crippen LogP contribution is -2.54. The smallest absolute Gasteiger partial charge is 0.322 e. The van der Waals surface area contributed by atoms with Crippen LogP contribution < -0.4 is 5.32 Å². The van der Waals surface area contributed by atoms with Gasteiger partial charge < -0.3 is 10.4 Å². The maximum Gasteiger partial charge on any atom is 0.322 e. The molecule has 0 amide bonds. The summed E-state index contributed by atoms with van der Waals surface area (Å²) in [6.45, 7) is 2.97. The first kappa shape index (κ1) is 15.7. The number of aliphatic carboxylic acids is 1. The third kappa shape index (κ3) is 3.97. The number of benzene rings is 2.